The summed E-state index contributed by atoms with van der Waals surface area (Å²) >= 11 is 1.33. The smallest absolute Gasteiger partial charge is 0.273 e. The van der Waals surface area contributed by atoms with Gasteiger partial charge in [-0.25, -0.2) is 4.98 Å². The van der Waals surface area contributed by atoms with Gasteiger partial charge in [-0.05, 0) is 25.5 Å². The SMILES string of the molecule is Cc1cc(C)c(C#N)c(SCc2nc3c([nH]2)C(c2ccccc2[N+](=O)[O-])C(C#N)=C(N)O3)n1. The average Bonchev–Trinajstić information content (AvgIpc) is 3.18. The number of nitriles is 2. The third kappa shape index (κ3) is 3.97. The van der Waals surface area contributed by atoms with Crippen LogP contribution >= 0.6 is 11.8 Å². The number of nitrogens with zero attached hydrogens (tertiary/aromatic N) is 5. The van der Waals surface area contributed by atoms with Crippen molar-refractivity contribution in [1.82, 2.24) is 15.0 Å². The molecule has 3 heterocycles. The second-order valence-corrected chi connectivity index (χ2v) is 8.27. The molecule has 1 aliphatic rings. The lowest BCUT2D eigenvalue weighted by atomic mass is 9.87. The maximum atomic E-state index is 11.6. The van der Waals surface area contributed by atoms with Gasteiger partial charge in [-0.2, -0.15) is 15.5 Å². The van der Waals surface area contributed by atoms with Gasteiger partial charge in [0.15, 0.2) is 0 Å². The molecule has 3 aromatic rings. The molecular weight excluding hydrogens is 442 g/mol. The number of thioether (sulfide) groups is 1. The number of nitrogens with two attached hydrogens (primary N) is 1. The molecule has 0 aliphatic carbocycles. The van der Waals surface area contributed by atoms with Crippen LogP contribution in [0.4, 0.5) is 5.69 Å². The molecule has 0 fully saturated rings. The summed E-state index contributed by atoms with van der Waals surface area (Å²) in [5.41, 5.74) is 8.71. The van der Waals surface area contributed by atoms with Crippen LogP contribution in [0.2, 0.25) is 0 Å². The number of rotatable bonds is 5. The van der Waals surface area contributed by atoms with Gasteiger partial charge < -0.3 is 15.5 Å². The van der Waals surface area contributed by atoms with Crippen molar-refractivity contribution < 1.29 is 9.66 Å². The highest BCUT2D eigenvalue weighted by Crippen LogP contribution is 2.43. The van der Waals surface area contributed by atoms with Crippen LogP contribution in [0.5, 0.6) is 5.88 Å². The molecule has 0 saturated carbocycles. The first-order valence-electron chi connectivity index (χ1n) is 9.74. The Labute approximate surface area is 192 Å². The Hall–Kier alpha value is -4.35. The van der Waals surface area contributed by atoms with Crippen molar-refractivity contribution in [3.8, 4) is 18.0 Å². The normalized spacial score (nSPS) is 14.7. The largest absolute Gasteiger partial charge is 0.420 e. The molecule has 1 atom stereocenters. The van der Waals surface area contributed by atoms with E-state index in [1.165, 1.54) is 17.8 Å². The van der Waals surface area contributed by atoms with Gasteiger partial charge in [-0.15, -0.1) is 0 Å². The van der Waals surface area contributed by atoms with Crippen LogP contribution in [-0.2, 0) is 5.75 Å². The molecule has 10 nitrogen and oxygen atoms in total. The topological polar surface area (TPSA) is 168 Å². The molecule has 1 aromatic carbocycles. The van der Waals surface area contributed by atoms with E-state index in [0.29, 0.717) is 33.4 Å². The van der Waals surface area contributed by atoms with Crippen LogP contribution in [-0.4, -0.2) is 19.9 Å². The standard InChI is InChI=1S/C22H17N7O3S/c1-11-7-12(2)26-22(14(11)8-23)33-10-17-27-19-18(13-5-3-4-6-16(13)29(30)31)15(9-24)20(25)32-21(19)28-17/h3-7,18H,10,25H2,1-2H3,(H,27,28). The lowest BCUT2D eigenvalue weighted by Gasteiger charge is -2.22. The van der Waals surface area contributed by atoms with E-state index >= 15 is 0 Å². The van der Waals surface area contributed by atoms with Gasteiger partial charge in [0.05, 0.1) is 27.9 Å². The molecule has 1 aliphatic heterocycles. The van der Waals surface area contributed by atoms with Crippen molar-refractivity contribution >= 4 is 17.4 Å². The zero-order valence-electron chi connectivity index (χ0n) is 17.6. The number of hydrogen-bond acceptors (Lipinski definition) is 9. The Kier molecular flexibility index (Phi) is 5.73. The van der Waals surface area contributed by atoms with Gasteiger partial charge in [0.25, 0.3) is 5.69 Å². The summed E-state index contributed by atoms with van der Waals surface area (Å²) in [6.45, 7) is 3.71. The van der Waals surface area contributed by atoms with Crippen LogP contribution < -0.4 is 10.5 Å². The second-order valence-electron chi connectivity index (χ2n) is 7.30. The van der Waals surface area contributed by atoms with Crippen molar-refractivity contribution in [2.45, 2.75) is 30.5 Å². The number of allylic oxidation sites excluding steroid dienone is 1. The molecule has 3 N–H and O–H groups in total. The number of aromatic nitrogens is 3. The summed E-state index contributed by atoms with van der Waals surface area (Å²) in [6.07, 6.45) is 0. The molecule has 0 spiro atoms. The summed E-state index contributed by atoms with van der Waals surface area (Å²) in [7, 11) is 0. The highest BCUT2D eigenvalue weighted by atomic mass is 32.2. The van der Waals surface area contributed by atoms with Crippen LogP contribution in [0.1, 0.15) is 39.8 Å². The number of para-hydroxylation sites is 1. The van der Waals surface area contributed by atoms with Gasteiger partial charge in [0.1, 0.15) is 28.6 Å². The molecule has 0 bridgehead atoms. The van der Waals surface area contributed by atoms with Crippen LogP contribution in [0.25, 0.3) is 0 Å². The predicted octanol–water partition coefficient (Wildman–Crippen LogP) is 3.71. The fraction of sp³-hybridized carbons (Fsp3) is 0.182. The summed E-state index contributed by atoms with van der Waals surface area (Å²) < 4.78 is 5.55. The number of aromatic amines is 1. The fourth-order valence-electron chi connectivity index (χ4n) is 3.72. The molecule has 11 heteroatoms. The number of fused-ring (bicyclic) bond motifs is 1. The maximum Gasteiger partial charge on any atom is 0.273 e. The lowest BCUT2D eigenvalue weighted by molar-refractivity contribution is -0.385. The number of aryl methyl sites for hydroxylation is 2. The van der Waals surface area contributed by atoms with Crippen molar-refractivity contribution in [2.24, 2.45) is 5.73 Å². The van der Waals surface area contributed by atoms with Gasteiger partial charge >= 0.3 is 0 Å². The highest BCUT2D eigenvalue weighted by Gasteiger charge is 2.37. The van der Waals surface area contributed by atoms with Crippen molar-refractivity contribution in [1.29, 1.82) is 10.5 Å². The van der Waals surface area contributed by atoms with Gasteiger partial charge in [0, 0.05) is 17.3 Å². The molecule has 1 unspecified atom stereocenters. The Morgan fingerprint density at radius 3 is 2.73 bits per heavy atom. The molecule has 4 rings (SSSR count). The van der Waals surface area contributed by atoms with Crippen LogP contribution in [0, 0.1) is 46.6 Å². The van der Waals surface area contributed by atoms with E-state index in [9.17, 15) is 20.6 Å². The monoisotopic (exact) mass is 459 g/mol. The average molecular weight is 459 g/mol. The van der Waals surface area contributed by atoms with Crippen molar-refractivity contribution in [3.05, 3.63) is 85.8 Å². The third-order valence-corrected chi connectivity index (χ3v) is 6.12. The lowest BCUT2D eigenvalue weighted by Crippen LogP contribution is -2.21. The number of ether oxygens (including phenoxy) is 1. The molecular formula is C22H17N7O3S. The minimum atomic E-state index is -0.833. The molecule has 0 amide bonds. The van der Waals surface area contributed by atoms with Crippen LogP contribution in [0.3, 0.4) is 0 Å². The first-order chi connectivity index (χ1) is 15.8. The first-order valence-corrected chi connectivity index (χ1v) is 10.7. The van der Waals surface area contributed by atoms with E-state index < -0.39 is 10.8 Å². The summed E-state index contributed by atoms with van der Waals surface area (Å²) in [6, 6.07) is 12.2. The minimum absolute atomic E-state index is 0.0578. The zero-order chi connectivity index (χ0) is 23.7. The van der Waals surface area contributed by atoms with E-state index in [2.05, 4.69) is 21.0 Å². The van der Waals surface area contributed by atoms with E-state index in [0.717, 1.165) is 11.3 Å². The molecule has 164 valence electrons. The molecule has 0 radical (unpaired) electrons. The van der Waals surface area contributed by atoms with E-state index in [1.807, 2.05) is 26.0 Å². The van der Waals surface area contributed by atoms with Gasteiger partial charge in [0.2, 0.25) is 11.8 Å². The highest BCUT2D eigenvalue weighted by molar-refractivity contribution is 7.98. The minimum Gasteiger partial charge on any atom is -0.420 e. The van der Waals surface area contributed by atoms with Gasteiger partial charge in [-0.3, -0.25) is 10.1 Å². The van der Waals surface area contributed by atoms with E-state index in [1.54, 1.807) is 18.2 Å². The summed E-state index contributed by atoms with van der Waals surface area (Å²) in [5.74, 6) is -0.0152. The Balaban J connectivity index is 1.73. The third-order valence-electron chi connectivity index (χ3n) is 5.13. The number of H-pyrrole nitrogens is 1. The number of nitro groups is 1. The Morgan fingerprint density at radius 2 is 2.03 bits per heavy atom. The molecule has 33 heavy (non-hydrogen) atoms. The number of nitrogens with one attached hydrogen (secondary N) is 1. The number of imidazole rings is 1. The predicted molar refractivity (Wildman–Crippen MR) is 119 cm³/mol. The maximum absolute atomic E-state index is 11.6. The Morgan fingerprint density at radius 1 is 1.27 bits per heavy atom. The van der Waals surface area contributed by atoms with E-state index in [-0.39, 0.29) is 23.0 Å². The molecule has 2 aromatic heterocycles. The summed E-state index contributed by atoms with van der Waals surface area (Å²) in [4.78, 5) is 23.1. The summed E-state index contributed by atoms with van der Waals surface area (Å²) in [5, 5.41) is 31.4. The van der Waals surface area contributed by atoms with Crippen LogP contribution in [0.15, 0.2) is 46.8 Å². The quantitative estimate of drug-likeness (QED) is 0.328. The van der Waals surface area contributed by atoms with Gasteiger partial charge in [-0.1, -0.05) is 30.0 Å². The first kappa shape index (κ1) is 21.9. The zero-order valence-corrected chi connectivity index (χ0v) is 18.4. The van der Waals surface area contributed by atoms with E-state index in [4.69, 9.17) is 10.5 Å². The number of benzene rings is 1. The van der Waals surface area contributed by atoms with Crippen molar-refractivity contribution in [2.75, 3.05) is 0 Å². The second kappa shape index (κ2) is 8.65. The number of pyridine rings is 1. The Bertz CT molecular complexity index is 1400. The number of nitro benzene ring substituents is 1. The molecule has 0 saturated heterocycles. The van der Waals surface area contributed by atoms with Crippen molar-refractivity contribution in [3.63, 3.8) is 0 Å². The number of hydrogen-bond donors (Lipinski definition) is 2. The fourth-order valence-corrected chi connectivity index (χ4v) is 4.69.